The molecule has 1 aromatic carbocycles. The summed E-state index contributed by atoms with van der Waals surface area (Å²) in [6.07, 6.45) is 0. The number of benzene rings is 1. The maximum Gasteiger partial charge on any atom is 0.157 e. The Kier molecular flexibility index (Phi) is 2.86. The molecular weight excluding hydrogens is 155 g/mol. The molecule has 0 unspecified atom stereocenters. The summed E-state index contributed by atoms with van der Waals surface area (Å²) in [7, 11) is 1.46. The van der Waals surface area contributed by atoms with Gasteiger partial charge in [0.05, 0.1) is 7.11 Å². The zero-order chi connectivity index (χ0) is 8.97. The highest BCUT2D eigenvalue weighted by atomic mass is 19.1. The highest BCUT2D eigenvalue weighted by Gasteiger charge is 2.03. The van der Waals surface area contributed by atoms with Gasteiger partial charge >= 0.3 is 0 Å². The first-order valence-corrected chi connectivity index (χ1v) is 3.71. The predicted molar refractivity (Wildman–Crippen MR) is 47.2 cm³/mol. The van der Waals surface area contributed by atoms with E-state index in [9.17, 15) is 4.39 Å². The molecule has 0 radical (unpaired) electrons. The molecule has 0 fully saturated rings. The lowest BCUT2D eigenvalue weighted by Crippen LogP contribution is -1.88. The van der Waals surface area contributed by atoms with E-state index in [2.05, 4.69) is 0 Å². The number of methoxy groups -OCH3 is 1. The molecule has 0 aliphatic heterocycles. The molecule has 0 amide bonds. The molecule has 0 saturated carbocycles. The van der Waals surface area contributed by atoms with Crippen molar-refractivity contribution in [1.29, 1.82) is 0 Å². The second-order valence-corrected chi connectivity index (χ2v) is 2.43. The number of hydrogen-bond donors (Lipinski definition) is 0. The third-order valence-corrected chi connectivity index (χ3v) is 1.55. The number of rotatable bonds is 2. The average molecular weight is 166 g/mol. The normalized spacial score (nSPS) is 12.2. The van der Waals surface area contributed by atoms with Gasteiger partial charge < -0.3 is 4.74 Å². The summed E-state index contributed by atoms with van der Waals surface area (Å²) in [5.41, 5.74) is 0.764. The SMILES string of the molecule is CO/C(=C(/C)F)c1ccccc1. The summed E-state index contributed by atoms with van der Waals surface area (Å²) in [6.45, 7) is 1.38. The molecule has 1 rings (SSSR count). The van der Waals surface area contributed by atoms with Crippen molar-refractivity contribution in [3.63, 3.8) is 0 Å². The minimum atomic E-state index is -0.302. The molecule has 0 bridgehead atoms. The number of halogens is 1. The van der Waals surface area contributed by atoms with E-state index in [-0.39, 0.29) is 5.83 Å². The molecule has 0 spiro atoms. The van der Waals surface area contributed by atoms with Crippen molar-refractivity contribution in [2.75, 3.05) is 7.11 Å². The largest absolute Gasteiger partial charge is 0.493 e. The van der Waals surface area contributed by atoms with E-state index in [1.54, 1.807) is 0 Å². The van der Waals surface area contributed by atoms with Crippen LogP contribution in [-0.2, 0) is 4.74 Å². The fourth-order valence-corrected chi connectivity index (χ4v) is 1.05. The van der Waals surface area contributed by atoms with Crippen LogP contribution in [0.25, 0.3) is 5.76 Å². The van der Waals surface area contributed by atoms with Gasteiger partial charge in [-0.15, -0.1) is 0 Å². The predicted octanol–water partition coefficient (Wildman–Crippen LogP) is 2.99. The van der Waals surface area contributed by atoms with Gasteiger partial charge in [0.1, 0.15) is 5.83 Å². The quantitative estimate of drug-likeness (QED) is 0.614. The van der Waals surface area contributed by atoms with E-state index >= 15 is 0 Å². The lowest BCUT2D eigenvalue weighted by molar-refractivity contribution is 0.356. The van der Waals surface area contributed by atoms with Crippen LogP contribution in [0.2, 0.25) is 0 Å². The lowest BCUT2D eigenvalue weighted by atomic mass is 10.2. The topological polar surface area (TPSA) is 9.23 Å². The van der Waals surface area contributed by atoms with E-state index in [0.717, 1.165) is 5.56 Å². The zero-order valence-electron chi connectivity index (χ0n) is 7.17. The van der Waals surface area contributed by atoms with E-state index in [1.807, 2.05) is 30.3 Å². The van der Waals surface area contributed by atoms with Crippen LogP contribution in [0.3, 0.4) is 0 Å². The molecule has 12 heavy (non-hydrogen) atoms. The van der Waals surface area contributed by atoms with Gasteiger partial charge in [0, 0.05) is 5.56 Å². The first kappa shape index (κ1) is 8.78. The van der Waals surface area contributed by atoms with E-state index in [0.29, 0.717) is 5.76 Å². The summed E-state index contributed by atoms with van der Waals surface area (Å²) in [5, 5.41) is 0. The Hall–Kier alpha value is -1.31. The van der Waals surface area contributed by atoms with Crippen LogP contribution in [0.1, 0.15) is 12.5 Å². The molecule has 0 atom stereocenters. The fraction of sp³-hybridized carbons (Fsp3) is 0.200. The van der Waals surface area contributed by atoms with E-state index < -0.39 is 0 Å². The van der Waals surface area contributed by atoms with Crippen molar-refractivity contribution in [3.8, 4) is 0 Å². The van der Waals surface area contributed by atoms with Gasteiger partial charge in [-0.2, -0.15) is 0 Å². The summed E-state index contributed by atoms with van der Waals surface area (Å²) in [4.78, 5) is 0. The fourth-order valence-electron chi connectivity index (χ4n) is 1.05. The van der Waals surface area contributed by atoms with Crippen LogP contribution in [0, 0.1) is 0 Å². The molecule has 0 aliphatic rings. The maximum atomic E-state index is 12.8. The van der Waals surface area contributed by atoms with Crippen molar-refractivity contribution in [1.82, 2.24) is 0 Å². The molecule has 0 saturated heterocycles. The van der Waals surface area contributed by atoms with Gasteiger partial charge in [0.15, 0.2) is 5.76 Å². The lowest BCUT2D eigenvalue weighted by Gasteiger charge is -2.05. The Labute approximate surface area is 71.5 Å². The molecule has 1 nitrogen and oxygen atoms in total. The number of ether oxygens (including phenoxy) is 1. The third kappa shape index (κ3) is 1.84. The number of hydrogen-bond acceptors (Lipinski definition) is 1. The average Bonchev–Trinajstić information content (AvgIpc) is 2.07. The highest BCUT2D eigenvalue weighted by molar-refractivity contribution is 5.60. The van der Waals surface area contributed by atoms with Gasteiger partial charge in [0.25, 0.3) is 0 Å². The minimum Gasteiger partial charge on any atom is -0.493 e. The Morgan fingerprint density at radius 2 is 1.83 bits per heavy atom. The Morgan fingerprint density at radius 3 is 2.25 bits per heavy atom. The Bertz CT molecular complexity index is 273. The summed E-state index contributed by atoms with van der Waals surface area (Å²) in [6, 6.07) is 9.18. The van der Waals surface area contributed by atoms with Crippen molar-refractivity contribution in [2.45, 2.75) is 6.92 Å². The second kappa shape index (κ2) is 3.90. The van der Waals surface area contributed by atoms with E-state index in [4.69, 9.17) is 4.74 Å². The van der Waals surface area contributed by atoms with Gasteiger partial charge in [-0.05, 0) is 6.92 Å². The molecule has 0 aliphatic carbocycles. The summed E-state index contributed by atoms with van der Waals surface area (Å²) < 4.78 is 17.7. The zero-order valence-corrected chi connectivity index (χ0v) is 7.17. The maximum absolute atomic E-state index is 12.8. The van der Waals surface area contributed by atoms with Crippen molar-refractivity contribution >= 4 is 5.76 Å². The standard InChI is InChI=1S/C10H11FO/c1-8(11)10(12-2)9-6-4-3-5-7-9/h3-7H,1-2H3/b10-8-. The van der Waals surface area contributed by atoms with E-state index in [1.165, 1.54) is 14.0 Å². The van der Waals surface area contributed by atoms with Gasteiger partial charge in [-0.3, -0.25) is 0 Å². The molecule has 0 N–H and O–H groups in total. The van der Waals surface area contributed by atoms with Crippen LogP contribution < -0.4 is 0 Å². The Balaban J connectivity index is 3.05. The first-order chi connectivity index (χ1) is 5.75. The Morgan fingerprint density at radius 1 is 1.25 bits per heavy atom. The van der Waals surface area contributed by atoms with Crippen molar-refractivity contribution in [2.24, 2.45) is 0 Å². The molecule has 0 heterocycles. The minimum absolute atomic E-state index is 0.301. The molecule has 64 valence electrons. The molecule has 0 aromatic heterocycles. The number of allylic oxidation sites excluding steroid dienone is 1. The van der Waals surface area contributed by atoms with Crippen LogP contribution >= 0.6 is 0 Å². The van der Waals surface area contributed by atoms with Crippen LogP contribution in [0.4, 0.5) is 4.39 Å². The van der Waals surface area contributed by atoms with Crippen molar-refractivity contribution < 1.29 is 9.13 Å². The van der Waals surface area contributed by atoms with Gasteiger partial charge in [0.2, 0.25) is 0 Å². The molecular formula is C10H11FO. The van der Waals surface area contributed by atoms with Crippen molar-refractivity contribution in [3.05, 3.63) is 41.7 Å². The second-order valence-electron chi connectivity index (χ2n) is 2.43. The smallest absolute Gasteiger partial charge is 0.157 e. The third-order valence-electron chi connectivity index (χ3n) is 1.55. The van der Waals surface area contributed by atoms with Gasteiger partial charge in [-0.1, -0.05) is 30.3 Å². The first-order valence-electron chi connectivity index (χ1n) is 3.71. The monoisotopic (exact) mass is 166 g/mol. The highest BCUT2D eigenvalue weighted by Crippen LogP contribution is 2.19. The molecule has 2 heteroatoms. The summed E-state index contributed by atoms with van der Waals surface area (Å²) >= 11 is 0. The van der Waals surface area contributed by atoms with Crippen LogP contribution in [0.5, 0.6) is 0 Å². The molecule has 1 aromatic rings. The summed E-state index contributed by atoms with van der Waals surface area (Å²) in [5.74, 6) is -0.000648. The van der Waals surface area contributed by atoms with Crippen LogP contribution in [-0.4, -0.2) is 7.11 Å². The van der Waals surface area contributed by atoms with Crippen LogP contribution in [0.15, 0.2) is 36.2 Å². The van der Waals surface area contributed by atoms with Gasteiger partial charge in [-0.25, -0.2) is 4.39 Å².